The van der Waals surface area contributed by atoms with Crippen LogP contribution < -0.4 is 16.0 Å². The lowest BCUT2D eigenvalue weighted by Gasteiger charge is -2.42. The summed E-state index contributed by atoms with van der Waals surface area (Å²) in [6.07, 6.45) is 3.99. The molecule has 7 nitrogen and oxygen atoms in total. The summed E-state index contributed by atoms with van der Waals surface area (Å²) in [5, 5.41) is 12.0. The van der Waals surface area contributed by atoms with Gasteiger partial charge in [0.15, 0.2) is 16.7 Å². The van der Waals surface area contributed by atoms with Gasteiger partial charge < -0.3 is 15.4 Å². The topological polar surface area (TPSA) is 78.5 Å². The summed E-state index contributed by atoms with van der Waals surface area (Å²) in [6.45, 7) is 6.27. The van der Waals surface area contributed by atoms with E-state index >= 15 is 0 Å². The van der Waals surface area contributed by atoms with Crippen LogP contribution in [-0.2, 0) is 4.74 Å². The summed E-state index contributed by atoms with van der Waals surface area (Å²) in [7, 11) is 1.90. The first-order valence-electron chi connectivity index (χ1n) is 9.51. The molecule has 8 heteroatoms. The van der Waals surface area contributed by atoms with Crippen molar-refractivity contribution in [3.05, 3.63) is 64.6 Å². The second-order valence-electron chi connectivity index (χ2n) is 7.74. The Morgan fingerprint density at radius 1 is 1.41 bits per heavy atom. The summed E-state index contributed by atoms with van der Waals surface area (Å²) < 4.78 is 6.12. The SMILES string of the molecule is CNc1cccc(C2C=CC3=C(N2)N(C(=O)Nc2nc(C)cs2)CC(C)(C)O3)c1. The smallest absolute Gasteiger partial charge is 0.329 e. The van der Waals surface area contributed by atoms with E-state index in [2.05, 4.69) is 39.1 Å². The van der Waals surface area contributed by atoms with Gasteiger partial charge in [0, 0.05) is 18.1 Å². The molecule has 0 radical (unpaired) electrons. The van der Waals surface area contributed by atoms with Gasteiger partial charge in [-0.3, -0.25) is 10.2 Å². The van der Waals surface area contributed by atoms with E-state index in [0.717, 1.165) is 16.9 Å². The van der Waals surface area contributed by atoms with Crippen LogP contribution in [0.1, 0.15) is 31.1 Å². The van der Waals surface area contributed by atoms with Gasteiger partial charge in [0.1, 0.15) is 5.60 Å². The van der Waals surface area contributed by atoms with E-state index in [4.69, 9.17) is 4.74 Å². The van der Waals surface area contributed by atoms with Gasteiger partial charge in [-0.1, -0.05) is 18.2 Å². The third-order valence-electron chi connectivity index (χ3n) is 4.77. The minimum atomic E-state index is -0.500. The summed E-state index contributed by atoms with van der Waals surface area (Å²) in [5.74, 6) is 1.32. The number of aromatic nitrogens is 1. The van der Waals surface area contributed by atoms with Crippen molar-refractivity contribution in [3.63, 3.8) is 0 Å². The van der Waals surface area contributed by atoms with Crippen LogP contribution in [0, 0.1) is 6.92 Å². The lowest BCUT2D eigenvalue weighted by Crippen LogP contribution is -2.52. The van der Waals surface area contributed by atoms with Crippen molar-refractivity contribution in [2.75, 3.05) is 24.2 Å². The van der Waals surface area contributed by atoms with Gasteiger partial charge in [-0.15, -0.1) is 11.3 Å². The molecule has 3 N–H and O–H groups in total. The normalized spacial score (nSPS) is 19.9. The number of allylic oxidation sites excluding steroid dienone is 1. The monoisotopic (exact) mass is 411 g/mol. The fourth-order valence-corrected chi connectivity index (χ4v) is 4.12. The number of urea groups is 1. The molecule has 2 aromatic rings. The average Bonchev–Trinajstić information content (AvgIpc) is 3.11. The van der Waals surface area contributed by atoms with Crippen molar-refractivity contribution >= 4 is 28.2 Å². The number of nitrogens with zero attached hydrogens (tertiary/aromatic N) is 2. The molecule has 1 unspecified atom stereocenters. The number of anilines is 2. The Morgan fingerprint density at radius 2 is 2.24 bits per heavy atom. The zero-order valence-corrected chi connectivity index (χ0v) is 17.8. The predicted octanol–water partition coefficient (Wildman–Crippen LogP) is 4.21. The Morgan fingerprint density at radius 3 is 2.97 bits per heavy atom. The van der Waals surface area contributed by atoms with Gasteiger partial charge in [-0.25, -0.2) is 9.78 Å². The van der Waals surface area contributed by atoms with E-state index in [-0.39, 0.29) is 12.1 Å². The van der Waals surface area contributed by atoms with Gasteiger partial charge in [0.2, 0.25) is 0 Å². The standard InChI is InChI=1S/C21H25N5O2S/c1-13-11-29-19(23-13)25-20(27)26-12-21(2,3)28-17-9-8-16(24-18(17)26)14-6-5-7-15(10-14)22-4/h5-11,16,22,24H,12H2,1-4H3,(H,23,25,27). The fraction of sp³-hybridized carbons (Fsp3) is 0.333. The summed E-state index contributed by atoms with van der Waals surface area (Å²) >= 11 is 1.41. The molecule has 1 aromatic heterocycles. The van der Waals surface area contributed by atoms with Crippen LogP contribution in [0.25, 0.3) is 0 Å². The molecule has 0 fully saturated rings. The van der Waals surface area contributed by atoms with Crippen molar-refractivity contribution in [3.8, 4) is 0 Å². The van der Waals surface area contributed by atoms with Crippen molar-refractivity contribution in [1.82, 2.24) is 15.2 Å². The minimum absolute atomic E-state index is 0.0655. The average molecular weight is 412 g/mol. The highest BCUT2D eigenvalue weighted by molar-refractivity contribution is 7.13. The molecule has 0 saturated heterocycles. The molecule has 29 heavy (non-hydrogen) atoms. The predicted molar refractivity (Wildman–Crippen MR) is 116 cm³/mol. The van der Waals surface area contributed by atoms with Crippen LogP contribution in [0.3, 0.4) is 0 Å². The molecule has 2 aliphatic heterocycles. The maximum atomic E-state index is 13.1. The highest BCUT2D eigenvalue weighted by Gasteiger charge is 2.38. The quantitative estimate of drug-likeness (QED) is 0.705. The summed E-state index contributed by atoms with van der Waals surface area (Å²) in [4.78, 5) is 19.1. The van der Waals surface area contributed by atoms with E-state index < -0.39 is 5.60 Å². The van der Waals surface area contributed by atoms with Crippen LogP contribution in [0.15, 0.2) is 53.4 Å². The summed E-state index contributed by atoms with van der Waals surface area (Å²) in [6, 6.07) is 7.88. The van der Waals surface area contributed by atoms with Crippen molar-refractivity contribution in [2.45, 2.75) is 32.4 Å². The Bertz CT molecular complexity index is 994. The highest BCUT2D eigenvalue weighted by Crippen LogP contribution is 2.33. The molecule has 152 valence electrons. The first-order valence-corrected chi connectivity index (χ1v) is 10.4. The number of aryl methyl sites for hydroxylation is 1. The third kappa shape index (κ3) is 4.07. The number of benzene rings is 1. The number of thiazole rings is 1. The molecule has 3 heterocycles. The molecule has 2 amide bonds. The summed E-state index contributed by atoms with van der Waals surface area (Å²) in [5.41, 5.74) is 2.52. The van der Waals surface area contributed by atoms with Gasteiger partial charge in [-0.2, -0.15) is 0 Å². The molecule has 1 atom stereocenters. The van der Waals surface area contributed by atoms with Gasteiger partial charge in [0.25, 0.3) is 0 Å². The van der Waals surface area contributed by atoms with E-state index in [9.17, 15) is 4.79 Å². The Balaban J connectivity index is 1.61. The largest absolute Gasteiger partial charge is 0.482 e. The lowest BCUT2D eigenvalue weighted by molar-refractivity contribution is -0.00603. The maximum absolute atomic E-state index is 13.1. The minimum Gasteiger partial charge on any atom is -0.482 e. The number of rotatable bonds is 3. The van der Waals surface area contributed by atoms with Gasteiger partial charge in [-0.05, 0) is 44.5 Å². The second kappa shape index (κ2) is 7.44. The van der Waals surface area contributed by atoms with Crippen LogP contribution >= 0.6 is 11.3 Å². The lowest BCUT2D eigenvalue weighted by atomic mass is 10.0. The van der Waals surface area contributed by atoms with Crippen molar-refractivity contribution in [1.29, 1.82) is 0 Å². The first kappa shape index (κ1) is 19.3. The Labute approximate surface area is 174 Å². The number of hydrogen-bond acceptors (Lipinski definition) is 6. The number of carbonyl (C=O) groups excluding carboxylic acids is 1. The highest BCUT2D eigenvalue weighted by atomic mass is 32.1. The molecule has 0 bridgehead atoms. The number of ether oxygens (including phenoxy) is 1. The molecule has 1 aromatic carbocycles. The number of hydrogen-bond donors (Lipinski definition) is 3. The zero-order valence-electron chi connectivity index (χ0n) is 16.9. The van der Waals surface area contributed by atoms with E-state index in [1.807, 2.05) is 51.4 Å². The van der Waals surface area contributed by atoms with E-state index in [1.165, 1.54) is 11.3 Å². The molecule has 0 saturated carbocycles. The molecular weight excluding hydrogens is 386 g/mol. The van der Waals surface area contributed by atoms with Crippen molar-refractivity contribution < 1.29 is 9.53 Å². The van der Waals surface area contributed by atoms with Crippen LogP contribution in [0.4, 0.5) is 15.6 Å². The van der Waals surface area contributed by atoms with E-state index in [0.29, 0.717) is 23.3 Å². The molecule has 2 aliphatic rings. The number of amides is 2. The van der Waals surface area contributed by atoms with Crippen LogP contribution in [0.2, 0.25) is 0 Å². The Hall–Kier alpha value is -3.00. The van der Waals surface area contributed by atoms with Crippen LogP contribution in [0.5, 0.6) is 0 Å². The second-order valence-corrected chi connectivity index (χ2v) is 8.60. The Kier molecular flexibility index (Phi) is 4.96. The maximum Gasteiger partial charge on any atom is 0.329 e. The van der Waals surface area contributed by atoms with Crippen molar-refractivity contribution in [2.24, 2.45) is 0 Å². The first-order chi connectivity index (χ1) is 13.8. The molecule has 0 spiro atoms. The van der Waals surface area contributed by atoms with Crippen LogP contribution in [-0.4, -0.2) is 35.1 Å². The zero-order chi connectivity index (χ0) is 20.6. The number of carbonyl (C=O) groups is 1. The van der Waals surface area contributed by atoms with Gasteiger partial charge in [0.05, 0.1) is 18.3 Å². The van der Waals surface area contributed by atoms with Gasteiger partial charge >= 0.3 is 6.03 Å². The molecular formula is C21H25N5O2S. The number of nitrogens with one attached hydrogen (secondary N) is 3. The molecule has 0 aliphatic carbocycles. The third-order valence-corrected chi connectivity index (χ3v) is 5.65. The molecule has 4 rings (SSSR count). The fourth-order valence-electron chi connectivity index (χ4n) is 3.44. The van der Waals surface area contributed by atoms with E-state index in [1.54, 1.807) is 4.90 Å². The number of dihydropyridines is 1.